The molecule has 0 bridgehead atoms. The van der Waals surface area contributed by atoms with Crippen molar-refractivity contribution in [2.24, 2.45) is 0 Å². The molecule has 0 spiro atoms. The zero-order chi connectivity index (χ0) is 16.0. The van der Waals surface area contributed by atoms with Crippen LogP contribution < -0.4 is 5.32 Å². The van der Waals surface area contributed by atoms with Gasteiger partial charge in [0.1, 0.15) is 6.07 Å². The van der Waals surface area contributed by atoms with Crippen LogP contribution in [-0.4, -0.2) is 43.6 Å². The number of nitrogens with zero attached hydrogens (tertiary/aromatic N) is 3. The van der Waals surface area contributed by atoms with Gasteiger partial charge in [-0.15, -0.1) is 0 Å². The summed E-state index contributed by atoms with van der Waals surface area (Å²) in [7, 11) is -1.54. The summed E-state index contributed by atoms with van der Waals surface area (Å²) in [4.78, 5) is 4.25. The van der Waals surface area contributed by atoms with Gasteiger partial charge in [-0.1, -0.05) is 0 Å². The molecule has 0 unspecified atom stereocenters. The summed E-state index contributed by atoms with van der Waals surface area (Å²) in [6, 6.07) is 3.97. The van der Waals surface area contributed by atoms with Gasteiger partial charge in [-0.25, -0.2) is 12.7 Å². The van der Waals surface area contributed by atoms with Gasteiger partial charge in [0.25, 0.3) is 0 Å². The van der Waals surface area contributed by atoms with Crippen LogP contribution in [0.25, 0.3) is 0 Å². The molecule has 1 aromatic heterocycles. The smallest absolute Gasteiger partial charge is 0.213 e. The summed E-state index contributed by atoms with van der Waals surface area (Å²) in [5.41, 5.74) is 2.84. The second kappa shape index (κ2) is 7.38. The van der Waals surface area contributed by atoms with Gasteiger partial charge in [0.15, 0.2) is 0 Å². The summed E-state index contributed by atoms with van der Waals surface area (Å²) in [6.45, 7) is 6.36. The zero-order valence-corrected chi connectivity index (χ0v) is 13.8. The Morgan fingerprint density at radius 3 is 2.67 bits per heavy atom. The van der Waals surface area contributed by atoms with Gasteiger partial charge >= 0.3 is 0 Å². The highest BCUT2D eigenvalue weighted by Crippen LogP contribution is 2.18. The van der Waals surface area contributed by atoms with Gasteiger partial charge in [0.05, 0.1) is 22.7 Å². The lowest BCUT2D eigenvalue weighted by Crippen LogP contribution is -2.30. The van der Waals surface area contributed by atoms with E-state index in [0.29, 0.717) is 30.8 Å². The van der Waals surface area contributed by atoms with Gasteiger partial charge < -0.3 is 5.32 Å². The molecule has 0 aromatic carbocycles. The number of rotatable bonds is 7. The number of aryl methyl sites for hydroxylation is 2. The second-order valence-electron chi connectivity index (χ2n) is 4.89. The Hall–Kier alpha value is -1.65. The number of sulfonamides is 1. The van der Waals surface area contributed by atoms with E-state index in [9.17, 15) is 8.42 Å². The first kappa shape index (κ1) is 17.4. The lowest BCUT2D eigenvalue weighted by molar-refractivity contribution is 0.466. The monoisotopic (exact) mass is 310 g/mol. The molecule has 116 valence electrons. The molecular weight excluding hydrogens is 288 g/mol. The van der Waals surface area contributed by atoms with Gasteiger partial charge in [-0.2, -0.15) is 5.26 Å². The van der Waals surface area contributed by atoms with Gasteiger partial charge in [-0.3, -0.25) is 4.98 Å². The Kier molecular flexibility index (Phi) is 6.12. The van der Waals surface area contributed by atoms with Crippen LogP contribution in [0.15, 0.2) is 6.07 Å². The van der Waals surface area contributed by atoms with E-state index in [1.807, 2.05) is 13.0 Å². The Morgan fingerprint density at radius 1 is 1.43 bits per heavy atom. The van der Waals surface area contributed by atoms with E-state index in [0.717, 1.165) is 11.4 Å². The number of hydrogen-bond acceptors (Lipinski definition) is 5. The van der Waals surface area contributed by atoms with Crippen LogP contribution >= 0.6 is 0 Å². The molecule has 0 fully saturated rings. The third kappa shape index (κ3) is 4.69. The maximum atomic E-state index is 11.6. The third-order valence-corrected chi connectivity index (χ3v) is 5.11. The van der Waals surface area contributed by atoms with Crippen molar-refractivity contribution in [1.29, 1.82) is 5.26 Å². The molecule has 0 saturated heterocycles. The number of nitrogens with one attached hydrogen (secondary N) is 1. The molecular formula is C14H22N4O2S. The van der Waals surface area contributed by atoms with Crippen molar-refractivity contribution < 1.29 is 8.42 Å². The van der Waals surface area contributed by atoms with Gasteiger partial charge in [0, 0.05) is 25.8 Å². The largest absolute Gasteiger partial charge is 0.384 e. The summed E-state index contributed by atoms with van der Waals surface area (Å²) >= 11 is 0. The number of aromatic nitrogens is 1. The second-order valence-corrected chi connectivity index (χ2v) is 7.25. The first-order valence-electron chi connectivity index (χ1n) is 6.88. The van der Waals surface area contributed by atoms with Crippen molar-refractivity contribution in [2.45, 2.75) is 27.2 Å². The first-order valence-corrected chi connectivity index (χ1v) is 8.49. The Balaban J connectivity index is 2.60. The minimum Gasteiger partial charge on any atom is -0.384 e. The van der Waals surface area contributed by atoms with Crippen molar-refractivity contribution in [3.63, 3.8) is 0 Å². The van der Waals surface area contributed by atoms with Crippen LogP contribution in [0.2, 0.25) is 0 Å². The summed E-state index contributed by atoms with van der Waals surface area (Å²) in [5.74, 6) is 0.109. The standard InChI is InChI=1S/C14H22N4O2S/c1-5-21(19,20)18(4)8-6-7-16-14-9-11(2)17-12(3)13(14)10-15/h9H,5-8H2,1-4H3,(H,16,17). The van der Waals surface area contributed by atoms with Crippen molar-refractivity contribution >= 4 is 15.7 Å². The summed E-state index contributed by atoms with van der Waals surface area (Å²) in [6.07, 6.45) is 0.668. The molecule has 1 rings (SSSR count). The van der Waals surface area contributed by atoms with Crippen molar-refractivity contribution in [2.75, 3.05) is 31.2 Å². The Bertz CT molecular complexity index is 635. The first-order chi connectivity index (χ1) is 9.81. The maximum absolute atomic E-state index is 11.6. The molecule has 0 radical (unpaired) electrons. The number of pyridine rings is 1. The average Bonchev–Trinajstić information content (AvgIpc) is 2.42. The van der Waals surface area contributed by atoms with E-state index in [1.165, 1.54) is 4.31 Å². The minimum absolute atomic E-state index is 0.109. The molecule has 0 aliphatic carbocycles. The van der Waals surface area contributed by atoms with Crippen LogP contribution in [-0.2, 0) is 10.0 Å². The highest BCUT2D eigenvalue weighted by molar-refractivity contribution is 7.89. The number of hydrogen-bond donors (Lipinski definition) is 1. The van der Waals surface area contributed by atoms with Crippen molar-refractivity contribution in [1.82, 2.24) is 9.29 Å². The molecule has 0 atom stereocenters. The molecule has 7 heteroatoms. The zero-order valence-electron chi connectivity index (χ0n) is 13.0. The quantitative estimate of drug-likeness (QED) is 0.774. The van der Waals surface area contributed by atoms with Gasteiger partial charge in [-0.05, 0) is 33.3 Å². The molecule has 1 N–H and O–H groups in total. The molecule has 21 heavy (non-hydrogen) atoms. The van der Waals surface area contributed by atoms with Gasteiger partial charge in [0.2, 0.25) is 10.0 Å². The normalized spacial score (nSPS) is 11.4. The van der Waals surface area contributed by atoms with Crippen molar-refractivity contribution in [3.05, 3.63) is 23.0 Å². The molecule has 1 heterocycles. The Labute approximate surface area is 126 Å². The van der Waals surface area contributed by atoms with E-state index < -0.39 is 10.0 Å². The minimum atomic E-state index is -3.13. The topological polar surface area (TPSA) is 86.1 Å². The molecule has 0 amide bonds. The summed E-state index contributed by atoms with van der Waals surface area (Å²) < 4.78 is 24.6. The molecule has 0 aliphatic heterocycles. The van der Waals surface area contributed by atoms with E-state index >= 15 is 0 Å². The Morgan fingerprint density at radius 2 is 2.10 bits per heavy atom. The van der Waals surface area contributed by atoms with E-state index in [-0.39, 0.29) is 5.75 Å². The maximum Gasteiger partial charge on any atom is 0.213 e. The SMILES string of the molecule is CCS(=O)(=O)N(C)CCCNc1cc(C)nc(C)c1C#N. The van der Waals surface area contributed by atoms with Crippen molar-refractivity contribution in [3.8, 4) is 6.07 Å². The number of nitriles is 1. The van der Waals surface area contributed by atoms with Crippen LogP contribution in [0.3, 0.4) is 0 Å². The molecule has 0 aliphatic rings. The van der Waals surface area contributed by atoms with Crippen LogP contribution in [0.5, 0.6) is 0 Å². The molecule has 1 aromatic rings. The average molecular weight is 310 g/mol. The fourth-order valence-electron chi connectivity index (χ4n) is 1.99. The highest BCUT2D eigenvalue weighted by Gasteiger charge is 2.14. The molecule has 6 nitrogen and oxygen atoms in total. The predicted molar refractivity (Wildman–Crippen MR) is 83.6 cm³/mol. The fraction of sp³-hybridized carbons (Fsp3) is 0.571. The molecule has 0 saturated carbocycles. The van der Waals surface area contributed by atoms with Crippen LogP contribution in [0.1, 0.15) is 30.3 Å². The predicted octanol–water partition coefficient (Wildman–Crippen LogP) is 1.65. The van der Waals surface area contributed by atoms with Crippen LogP contribution in [0.4, 0.5) is 5.69 Å². The fourth-order valence-corrected chi connectivity index (χ4v) is 2.84. The van der Waals surface area contributed by atoms with Crippen LogP contribution in [0, 0.1) is 25.2 Å². The van der Waals surface area contributed by atoms with E-state index in [4.69, 9.17) is 5.26 Å². The number of anilines is 1. The van der Waals surface area contributed by atoms with E-state index in [1.54, 1.807) is 20.9 Å². The third-order valence-electron chi connectivity index (χ3n) is 3.25. The summed E-state index contributed by atoms with van der Waals surface area (Å²) in [5, 5.41) is 12.3. The lowest BCUT2D eigenvalue weighted by atomic mass is 10.1. The van der Waals surface area contributed by atoms with E-state index in [2.05, 4.69) is 16.4 Å². The lowest BCUT2D eigenvalue weighted by Gasteiger charge is -2.16. The highest BCUT2D eigenvalue weighted by atomic mass is 32.2.